The van der Waals surface area contributed by atoms with Crippen LogP contribution in [0.2, 0.25) is 0 Å². The van der Waals surface area contributed by atoms with Crippen molar-refractivity contribution in [1.82, 2.24) is 15.5 Å². The first-order valence-corrected chi connectivity index (χ1v) is 12.7. The number of Topliss-reactive ketones (excluding diaryl/α,β-unsaturated/α-hetero) is 1. The van der Waals surface area contributed by atoms with Gasteiger partial charge >= 0.3 is 6.18 Å². The smallest absolute Gasteiger partial charge is 0.344 e. The lowest BCUT2D eigenvalue weighted by molar-refractivity contribution is -0.175. The van der Waals surface area contributed by atoms with Gasteiger partial charge in [0.25, 0.3) is 11.7 Å². The van der Waals surface area contributed by atoms with E-state index in [-0.39, 0.29) is 18.9 Å². The first-order chi connectivity index (χ1) is 16.3. The molecule has 0 saturated carbocycles. The lowest BCUT2D eigenvalue weighted by atomic mass is 9.98. The van der Waals surface area contributed by atoms with E-state index in [1.165, 1.54) is 30.5 Å². The van der Waals surface area contributed by atoms with Crippen LogP contribution < -0.4 is 10.6 Å². The van der Waals surface area contributed by atoms with Crippen molar-refractivity contribution in [1.29, 1.82) is 0 Å². The number of hydrogen-bond donors (Lipinski definition) is 2. The first-order valence-electron chi connectivity index (χ1n) is 11.4. The largest absolute Gasteiger partial charge is 0.452 e. The van der Waals surface area contributed by atoms with Gasteiger partial charge in [-0.25, -0.2) is 0 Å². The van der Waals surface area contributed by atoms with Crippen molar-refractivity contribution in [2.45, 2.75) is 69.7 Å². The molecule has 1 aromatic carbocycles. The number of halogens is 3. The van der Waals surface area contributed by atoms with Gasteiger partial charge in [0.15, 0.2) is 0 Å². The molecule has 2 N–H and O–H groups in total. The van der Waals surface area contributed by atoms with Crippen LogP contribution in [-0.2, 0) is 14.4 Å². The summed E-state index contributed by atoms with van der Waals surface area (Å²) in [7, 11) is 0. The SMILES string of the molecule is CSc1ccc(C(=O)N[C@H](C(=O)N2CCCC2C(=O)NC(C(=O)C(F)(F)F)C(C)C)C(C)C)cc1. The van der Waals surface area contributed by atoms with Crippen molar-refractivity contribution in [2.24, 2.45) is 11.8 Å². The van der Waals surface area contributed by atoms with Gasteiger partial charge in [0.1, 0.15) is 12.1 Å². The third kappa shape index (κ3) is 7.22. The second kappa shape index (κ2) is 11.9. The zero-order valence-electron chi connectivity index (χ0n) is 20.4. The minimum atomic E-state index is -5.09. The molecule has 2 unspecified atom stereocenters. The summed E-state index contributed by atoms with van der Waals surface area (Å²) in [5.41, 5.74) is 0.377. The molecule has 0 bridgehead atoms. The summed E-state index contributed by atoms with van der Waals surface area (Å²) in [4.78, 5) is 53.1. The summed E-state index contributed by atoms with van der Waals surface area (Å²) >= 11 is 1.53. The predicted octanol–water partition coefficient (Wildman–Crippen LogP) is 3.43. The van der Waals surface area contributed by atoms with Gasteiger partial charge in [-0.3, -0.25) is 19.2 Å². The molecule has 1 aromatic rings. The van der Waals surface area contributed by atoms with Crippen molar-refractivity contribution in [2.75, 3.05) is 12.8 Å². The molecule has 7 nitrogen and oxygen atoms in total. The van der Waals surface area contributed by atoms with Crippen LogP contribution in [0.1, 0.15) is 50.9 Å². The third-order valence-corrected chi connectivity index (χ3v) is 6.68. The van der Waals surface area contributed by atoms with E-state index in [0.29, 0.717) is 12.0 Å². The number of amides is 3. The maximum absolute atomic E-state index is 13.4. The Bertz CT molecular complexity index is 935. The minimum absolute atomic E-state index is 0.220. The molecule has 0 spiro atoms. The van der Waals surface area contributed by atoms with Gasteiger partial charge < -0.3 is 15.5 Å². The van der Waals surface area contributed by atoms with Gasteiger partial charge in [-0.2, -0.15) is 13.2 Å². The fourth-order valence-electron chi connectivity index (χ4n) is 3.92. The van der Waals surface area contributed by atoms with Crippen LogP contribution in [0.5, 0.6) is 0 Å². The van der Waals surface area contributed by atoms with Gasteiger partial charge in [-0.1, -0.05) is 27.7 Å². The summed E-state index contributed by atoms with van der Waals surface area (Å²) in [6, 6.07) is 3.18. The molecule has 1 aliphatic heterocycles. The fraction of sp³-hybridized carbons (Fsp3) is 0.583. The molecule has 3 amide bonds. The molecule has 35 heavy (non-hydrogen) atoms. The van der Waals surface area contributed by atoms with Gasteiger partial charge in [0.05, 0.1) is 6.04 Å². The number of carbonyl (C=O) groups excluding carboxylic acids is 4. The van der Waals surface area contributed by atoms with Gasteiger partial charge in [-0.05, 0) is 55.2 Å². The number of benzene rings is 1. The molecule has 1 aliphatic rings. The van der Waals surface area contributed by atoms with Crippen molar-refractivity contribution in [3.63, 3.8) is 0 Å². The number of rotatable bonds is 9. The molecule has 194 valence electrons. The first kappa shape index (κ1) is 28.7. The van der Waals surface area contributed by atoms with Crippen LogP contribution in [0.4, 0.5) is 13.2 Å². The number of hydrogen-bond acceptors (Lipinski definition) is 5. The molecule has 1 heterocycles. The van der Waals surface area contributed by atoms with E-state index in [4.69, 9.17) is 0 Å². The highest BCUT2D eigenvalue weighted by Gasteiger charge is 2.46. The Morgan fingerprint density at radius 3 is 2.03 bits per heavy atom. The number of likely N-dealkylation sites (tertiary alicyclic amines) is 1. The Morgan fingerprint density at radius 2 is 1.54 bits per heavy atom. The van der Waals surface area contributed by atoms with E-state index in [0.717, 1.165) is 4.90 Å². The Labute approximate surface area is 207 Å². The Morgan fingerprint density at radius 1 is 0.971 bits per heavy atom. The normalized spacial score (nSPS) is 17.9. The number of ketones is 1. The highest BCUT2D eigenvalue weighted by atomic mass is 32.2. The molecule has 11 heteroatoms. The maximum Gasteiger partial charge on any atom is 0.452 e. The maximum atomic E-state index is 13.4. The van der Waals surface area contributed by atoms with Crippen LogP contribution in [0, 0.1) is 11.8 Å². The van der Waals surface area contributed by atoms with E-state index in [1.54, 1.807) is 38.1 Å². The van der Waals surface area contributed by atoms with Gasteiger partial charge in [0.2, 0.25) is 11.8 Å². The zero-order chi connectivity index (χ0) is 26.5. The van der Waals surface area contributed by atoms with Gasteiger partial charge in [-0.15, -0.1) is 11.8 Å². The summed E-state index contributed by atoms with van der Waals surface area (Å²) in [5.74, 6) is -4.88. The number of carbonyl (C=O) groups is 4. The average Bonchev–Trinajstić information content (AvgIpc) is 3.29. The van der Waals surface area contributed by atoms with Crippen molar-refractivity contribution in [3.05, 3.63) is 29.8 Å². The molecular formula is C24H32F3N3O4S. The lowest BCUT2D eigenvalue weighted by Gasteiger charge is -2.32. The number of nitrogens with zero attached hydrogens (tertiary/aromatic N) is 1. The van der Waals surface area contributed by atoms with Crippen molar-refractivity contribution < 1.29 is 32.3 Å². The van der Waals surface area contributed by atoms with E-state index >= 15 is 0 Å². The zero-order valence-corrected chi connectivity index (χ0v) is 21.3. The average molecular weight is 516 g/mol. The van der Waals surface area contributed by atoms with Gasteiger partial charge in [0, 0.05) is 17.0 Å². The second-order valence-corrected chi connectivity index (χ2v) is 10.1. The Hall–Kier alpha value is -2.56. The standard InChI is InChI=1S/C24H32F3N3O4S/c1-13(2)18(20(31)24(25,26)27)28-22(33)17-7-6-12-30(17)23(34)19(14(3)4)29-21(32)15-8-10-16(35-5)11-9-15/h8-11,13-14,17-19H,6-7,12H2,1-5H3,(H,28,33)(H,29,32)/t17?,18?,19-/m0/s1. The van der Waals surface area contributed by atoms with Crippen LogP contribution in [0.15, 0.2) is 29.2 Å². The second-order valence-electron chi connectivity index (χ2n) is 9.21. The van der Waals surface area contributed by atoms with Crippen molar-refractivity contribution in [3.8, 4) is 0 Å². The number of alkyl halides is 3. The quantitative estimate of drug-likeness (QED) is 0.492. The summed E-state index contributed by atoms with van der Waals surface area (Å²) in [5, 5.41) is 4.94. The summed E-state index contributed by atoms with van der Waals surface area (Å²) in [6.07, 6.45) is -2.46. The third-order valence-electron chi connectivity index (χ3n) is 5.94. The van der Waals surface area contributed by atoms with Crippen LogP contribution in [0.25, 0.3) is 0 Å². The van der Waals surface area contributed by atoms with E-state index < -0.39 is 53.7 Å². The van der Waals surface area contributed by atoms with E-state index in [2.05, 4.69) is 10.6 Å². The fourth-order valence-corrected chi connectivity index (χ4v) is 4.33. The highest BCUT2D eigenvalue weighted by Crippen LogP contribution is 2.24. The Kier molecular flexibility index (Phi) is 9.76. The van der Waals surface area contributed by atoms with Crippen molar-refractivity contribution >= 4 is 35.3 Å². The topological polar surface area (TPSA) is 95.6 Å². The molecule has 1 saturated heterocycles. The molecule has 0 aliphatic carbocycles. The molecule has 3 atom stereocenters. The lowest BCUT2D eigenvalue weighted by Crippen LogP contribution is -2.58. The minimum Gasteiger partial charge on any atom is -0.344 e. The van der Waals surface area contributed by atoms with E-state index in [9.17, 15) is 32.3 Å². The van der Waals surface area contributed by atoms with E-state index in [1.807, 2.05) is 6.26 Å². The molecule has 0 aromatic heterocycles. The molecule has 1 fully saturated rings. The Balaban J connectivity index is 2.17. The summed E-state index contributed by atoms with van der Waals surface area (Å²) in [6.45, 7) is 6.53. The summed E-state index contributed by atoms with van der Waals surface area (Å²) < 4.78 is 39.0. The predicted molar refractivity (Wildman–Crippen MR) is 127 cm³/mol. The molecule has 2 rings (SSSR count). The van der Waals surface area contributed by atoms with Crippen LogP contribution in [0.3, 0.4) is 0 Å². The number of nitrogens with one attached hydrogen (secondary N) is 2. The molecular weight excluding hydrogens is 483 g/mol. The molecule has 0 radical (unpaired) electrons. The monoisotopic (exact) mass is 515 g/mol. The van der Waals surface area contributed by atoms with Crippen LogP contribution >= 0.6 is 11.8 Å². The van der Waals surface area contributed by atoms with Crippen LogP contribution in [-0.4, -0.2) is 65.5 Å². The highest BCUT2D eigenvalue weighted by molar-refractivity contribution is 7.98. The number of thioether (sulfide) groups is 1.